The first kappa shape index (κ1) is 19.2. The van der Waals surface area contributed by atoms with E-state index in [0.717, 1.165) is 42.9 Å². The van der Waals surface area contributed by atoms with Crippen LogP contribution in [-0.2, 0) is 16.2 Å². The van der Waals surface area contributed by atoms with Crippen LogP contribution in [0.2, 0.25) is 0 Å². The summed E-state index contributed by atoms with van der Waals surface area (Å²) in [4.78, 5) is 19.0. The Morgan fingerprint density at radius 1 is 1.26 bits per heavy atom. The average molecular weight is 369 g/mol. The van der Waals surface area contributed by atoms with Crippen LogP contribution in [0.5, 0.6) is 0 Å². The van der Waals surface area contributed by atoms with E-state index in [2.05, 4.69) is 21.5 Å². The van der Waals surface area contributed by atoms with E-state index in [1.165, 1.54) is 0 Å². The third-order valence-corrected chi connectivity index (χ3v) is 4.97. The molecule has 0 unspecified atom stereocenters. The molecule has 1 aliphatic rings. The van der Waals surface area contributed by atoms with Crippen LogP contribution in [0, 0.1) is 5.92 Å². The lowest BCUT2D eigenvalue weighted by molar-refractivity contribution is -0.143. The third kappa shape index (κ3) is 4.98. The van der Waals surface area contributed by atoms with E-state index in [1.54, 1.807) is 0 Å². The Morgan fingerprint density at radius 2 is 2.07 bits per heavy atom. The summed E-state index contributed by atoms with van der Waals surface area (Å²) >= 11 is 0. The van der Waals surface area contributed by atoms with Crippen LogP contribution in [0.1, 0.15) is 31.0 Å². The maximum atomic E-state index is 11.2. The van der Waals surface area contributed by atoms with Crippen molar-refractivity contribution in [3.63, 3.8) is 0 Å². The van der Waals surface area contributed by atoms with E-state index in [1.807, 2.05) is 48.7 Å². The molecule has 0 saturated carbocycles. The van der Waals surface area contributed by atoms with Crippen molar-refractivity contribution in [2.45, 2.75) is 26.3 Å². The summed E-state index contributed by atoms with van der Waals surface area (Å²) in [5, 5.41) is 13.6. The second-order valence-corrected chi connectivity index (χ2v) is 6.80. The number of oxime groups is 1. The van der Waals surface area contributed by atoms with Gasteiger partial charge in [-0.1, -0.05) is 35.5 Å². The van der Waals surface area contributed by atoms with Crippen molar-refractivity contribution in [1.29, 1.82) is 0 Å². The molecule has 0 bridgehead atoms. The topological polar surface area (TPSA) is 67.1 Å². The first-order valence-electron chi connectivity index (χ1n) is 9.55. The molecule has 2 aromatic rings. The molecular formula is C21H27N3O3. The van der Waals surface area contributed by atoms with Crippen molar-refractivity contribution in [3.05, 3.63) is 59.9 Å². The van der Waals surface area contributed by atoms with Crippen LogP contribution < -0.4 is 0 Å². The minimum atomic E-state index is -0.703. The van der Waals surface area contributed by atoms with Gasteiger partial charge in [-0.15, -0.1) is 0 Å². The molecule has 1 aromatic carbocycles. The first-order chi connectivity index (χ1) is 13.2. The molecule has 6 heteroatoms. The summed E-state index contributed by atoms with van der Waals surface area (Å²) in [5.41, 5.74) is 2.84. The quantitative estimate of drug-likeness (QED) is 0.441. The molecule has 1 atom stereocenters. The maximum absolute atomic E-state index is 11.2. The highest BCUT2D eigenvalue weighted by molar-refractivity contribution is 6.11. The summed E-state index contributed by atoms with van der Waals surface area (Å²) in [5.74, 6) is -0.972. The van der Waals surface area contributed by atoms with E-state index in [9.17, 15) is 9.90 Å². The summed E-state index contributed by atoms with van der Waals surface area (Å²) < 4.78 is 2.14. The van der Waals surface area contributed by atoms with Gasteiger partial charge in [0.05, 0.1) is 11.6 Å². The number of piperidine rings is 1. The highest BCUT2D eigenvalue weighted by Crippen LogP contribution is 2.16. The number of carboxylic acids is 1. The highest BCUT2D eigenvalue weighted by atomic mass is 16.6. The van der Waals surface area contributed by atoms with Gasteiger partial charge in [0.25, 0.3) is 0 Å². The minimum absolute atomic E-state index is 0.269. The van der Waals surface area contributed by atoms with E-state index in [0.29, 0.717) is 19.7 Å². The zero-order valence-electron chi connectivity index (χ0n) is 15.8. The smallest absolute Gasteiger partial charge is 0.307 e. The zero-order valence-corrected chi connectivity index (χ0v) is 15.8. The predicted octanol–water partition coefficient (Wildman–Crippen LogP) is 3.07. The summed E-state index contributed by atoms with van der Waals surface area (Å²) in [6.07, 6.45) is 3.71. The lowest BCUT2D eigenvalue weighted by atomic mass is 9.98. The molecule has 3 rings (SSSR count). The first-order valence-corrected chi connectivity index (χ1v) is 9.55. The molecule has 1 aromatic heterocycles. The van der Waals surface area contributed by atoms with Crippen molar-refractivity contribution in [2.75, 3.05) is 26.2 Å². The van der Waals surface area contributed by atoms with E-state index >= 15 is 0 Å². The van der Waals surface area contributed by atoms with Crippen molar-refractivity contribution in [3.8, 4) is 0 Å². The molecule has 1 N–H and O–H groups in total. The van der Waals surface area contributed by atoms with Crippen molar-refractivity contribution >= 4 is 11.7 Å². The van der Waals surface area contributed by atoms with E-state index < -0.39 is 5.97 Å². The number of hydrogen-bond acceptors (Lipinski definition) is 4. The number of rotatable bonds is 8. The van der Waals surface area contributed by atoms with Gasteiger partial charge >= 0.3 is 5.97 Å². The van der Waals surface area contributed by atoms with Crippen LogP contribution >= 0.6 is 0 Å². The predicted molar refractivity (Wildman–Crippen MR) is 105 cm³/mol. The Bertz CT molecular complexity index is 770. The zero-order chi connectivity index (χ0) is 19.1. The van der Waals surface area contributed by atoms with Gasteiger partial charge in [-0.3, -0.25) is 9.69 Å². The molecule has 1 saturated heterocycles. The molecule has 1 fully saturated rings. The van der Waals surface area contributed by atoms with Crippen LogP contribution in [0.4, 0.5) is 0 Å². The molecule has 0 aliphatic carbocycles. The number of aliphatic carboxylic acids is 1. The van der Waals surface area contributed by atoms with Gasteiger partial charge in [-0.25, -0.2) is 0 Å². The third-order valence-electron chi connectivity index (χ3n) is 4.97. The lowest BCUT2D eigenvalue weighted by Crippen LogP contribution is -2.40. The number of aromatic nitrogens is 1. The van der Waals surface area contributed by atoms with Crippen molar-refractivity contribution in [1.82, 2.24) is 9.47 Å². The van der Waals surface area contributed by atoms with Gasteiger partial charge in [0.1, 0.15) is 12.3 Å². The van der Waals surface area contributed by atoms with Crippen LogP contribution in [0.25, 0.3) is 0 Å². The number of hydrogen-bond donors (Lipinski definition) is 1. The Kier molecular flexibility index (Phi) is 6.65. The van der Waals surface area contributed by atoms with Crippen LogP contribution in [0.3, 0.4) is 0 Å². The summed E-state index contributed by atoms with van der Waals surface area (Å²) in [6, 6.07) is 14.1. The number of carbonyl (C=O) groups is 1. The Hall–Kier alpha value is -2.60. The fourth-order valence-electron chi connectivity index (χ4n) is 3.49. The van der Waals surface area contributed by atoms with Gasteiger partial charge in [0.2, 0.25) is 0 Å². The molecule has 0 radical (unpaired) electrons. The largest absolute Gasteiger partial charge is 0.481 e. The van der Waals surface area contributed by atoms with Crippen LogP contribution in [-0.4, -0.2) is 52.5 Å². The highest BCUT2D eigenvalue weighted by Gasteiger charge is 2.25. The van der Waals surface area contributed by atoms with Gasteiger partial charge < -0.3 is 14.5 Å². The SMILES string of the molecule is CCn1cccc1C(=NOCCN1CCC[C@@H](C(=O)O)C1)c1ccccc1. The molecular weight excluding hydrogens is 342 g/mol. The minimum Gasteiger partial charge on any atom is -0.481 e. The van der Waals surface area contributed by atoms with Gasteiger partial charge in [0, 0.05) is 31.4 Å². The molecule has 144 valence electrons. The average Bonchev–Trinajstić information content (AvgIpc) is 3.17. The number of benzene rings is 1. The Labute approximate surface area is 160 Å². The fraction of sp³-hybridized carbons (Fsp3) is 0.429. The summed E-state index contributed by atoms with van der Waals surface area (Å²) in [7, 11) is 0. The Morgan fingerprint density at radius 3 is 2.81 bits per heavy atom. The normalized spacial score (nSPS) is 18.4. The number of carboxylic acid groups (broad SMARTS) is 1. The van der Waals surface area contributed by atoms with Crippen LogP contribution in [0.15, 0.2) is 53.8 Å². The van der Waals surface area contributed by atoms with Crippen molar-refractivity contribution in [2.24, 2.45) is 11.1 Å². The maximum Gasteiger partial charge on any atom is 0.307 e. The molecule has 6 nitrogen and oxygen atoms in total. The van der Waals surface area contributed by atoms with Gasteiger partial charge in [-0.05, 0) is 38.4 Å². The van der Waals surface area contributed by atoms with Gasteiger partial charge in [-0.2, -0.15) is 0 Å². The monoisotopic (exact) mass is 369 g/mol. The van der Waals surface area contributed by atoms with E-state index in [4.69, 9.17) is 4.84 Å². The fourth-order valence-corrected chi connectivity index (χ4v) is 3.49. The van der Waals surface area contributed by atoms with Crippen molar-refractivity contribution < 1.29 is 14.7 Å². The standard InChI is InChI=1S/C21H27N3O3/c1-2-24-13-7-11-19(24)20(17-8-4-3-5-9-17)22-27-15-14-23-12-6-10-18(16-23)21(25)26/h3-5,7-9,11,13,18H,2,6,10,12,14-16H2,1H3,(H,25,26)/t18-/m1/s1. The summed E-state index contributed by atoms with van der Waals surface area (Å²) in [6.45, 7) is 5.59. The Balaban J connectivity index is 1.65. The molecule has 0 spiro atoms. The molecule has 2 heterocycles. The molecule has 1 aliphatic heterocycles. The lowest BCUT2D eigenvalue weighted by Gasteiger charge is -2.29. The number of aryl methyl sites for hydroxylation is 1. The van der Waals surface area contributed by atoms with E-state index in [-0.39, 0.29) is 5.92 Å². The number of nitrogens with zero attached hydrogens (tertiary/aromatic N) is 3. The number of likely N-dealkylation sites (tertiary alicyclic amines) is 1. The second-order valence-electron chi connectivity index (χ2n) is 6.80. The van der Waals surface area contributed by atoms with Gasteiger partial charge in [0.15, 0.2) is 0 Å². The molecule has 0 amide bonds. The second kappa shape index (κ2) is 9.37. The molecule has 27 heavy (non-hydrogen) atoms.